The highest BCUT2D eigenvalue weighted by molar-refractivity contribution is 6.03. The van der Waals surface area contributed by atoms with Gasteiger partial charge in [0, 0.05) is 0 Å². The standard InChI is InChI=1S/C10H7F3O4/c1-4(14)7-6(10(11,12)13)3-2-5(8(7)15)9(16)17/h2-3,15H,1H3,(H,16,17). The van der Waals surface area contributed by atoms with Gasteiger partial charge in [-0.25, -0.2) is 4.79 Å². The van der Waals surface area contributed by atoms with E-state index >= 15 is 0 Å². The number of benzene rings is 1. The molecule has 0 aliphatic rings. The molecule has 0 aliphatic carbocycles. The minimum absolute atomic E-state index is 0.458. The van der Waals surface area contributed by atoms with Crippen LogP contribution in [0.15, 0.2) is 12.1 Å². The molecule has 0 fully saturated rings. The lowest BCUT2D eigenvalue weighted by Gasteiger charge is -2.13. The Labute approximate surface area is 93.3 Å². The molecule has 1 aromatic rings. The lowest BCUT2D eigenvalue weighted by molar-refractivity contribution is -0.138. The number of carbonyl (C=O) groups excluding carboxylic acids is 1. The number of hydrogen-bond donors (Lipinski definition) is 2. The van der Waals surface area contributed by atoms with Crippen LogP contribution in [0.1, 0.15) is 33.2 Å². The van der Waals surface area contributed by atoms with Crippen LogP contribution < -0.4 is 0 Å². The van der Waals surface area contributed by atoms with Gasteiger partial charge >= 0.3 is 12.1 Å². The van der Waals surface area contributed by atoms with Crippen LogP contribution in [-0.2, 0) is 6.18 Å². The second-order valence-corrected chi connectivity index (χ2v) is 3.24. The largest absolute Gasteiger partial charge is 0.506 e. The zero-order chi connectivity index (χ0) is 13.4. The number of ketones is 1. The van der Waals surface area contributed by atoms with E-state index in [1.807, 2.05) is 0 Å². The fourth-order valence-electron chi connectivity index (χ4n) is 1.36. The van der Waals surface area contributed by atoms with Crippen molar-refractivity contribution >= 4 is 11.8 Å². The van der Waals surface area contributed by atoms with Gasteiger partial charge < -0.3 is 10.2 Å². The van der Waals surface area contributed by atoms with Crippen LogP contribution in [0, 0.1) is 0 Å². The Balaban J connectivity index is 3.63. The van der Waals surface area contributed by atoms with Gasteiger partial charge in [-0.3, -0.25) is 4.79 Å². The molecular weight excluding hydrogens is 241 g/mol. The van der Waals surface area contributed by atoms with E-state index in [1.54, 1.807) is 0 Å². The maximum atomic E-state index is 12.5. The monoisotopic (exact) mass is 248 g/mol. The van der Waals surface area contributed by atoms with E-state index in [0.29, 0.717) is 12.1 Å². The van der Waals surface area contributed by atoms with Crippen molar-refractivity contribution in [2.75, 3.05) is 0 Å². The van der Waals surface area contributed by atoms with Crippen molar-refractivity contribution in [3.8, 4) is 5.75 Å². The summed E-state index contributed by atoms with van der Waals surface area (Å²) < 4.78 is 37.5. The second-order valence-electron chi connectivity index (χ2n) is 3.24. The number of carbonyl (C=O) groups is 2. The van der Waals surface area contributed by atoms with Gasteiger partial charge in [-0.1, -0.05) is 0 Å². The van der Waals surface area contributed by atoms with Crippen molar-refractivity contribution in [1.82, 2.24) is 0 Å². The molecule has 0 saturated heterocycles. The van der Waals surface area contributed by atoms with E-state index in [0.717, 1.165) is 6.92 Å². The first-order chi connectivity index (χ1) is 7.66. The number of Topliss-reactive ketones (excluding diaryl/α,β-unsaturated/α-hetero) is 1. The van der Waals surface area contributed by atoms with Gasteiger partial charge in [0.05, 0.1) is 11.1 Å². The zero-order valence-corrected chi connectivity index (χ0v) is 8.50. The van der Waals surface area contributed by atoms with Crippen molar-refractivity contribution in [1.29, 1.82) is 0 Å². The summed E-state index contributed by atoms with van der Waals surface area (Å²) in [6, 6.07) is 1.06. The molecule has 1 aromatic carbocycles. The van der Waals surface area contributed by atoms with Crippen molar-refractivity contribution in [3.63, 3.8) is 0 Å². The summed E-state index contributed by atoms with van der Waals surface area (Å²) in [5.74, 6) is -3.84. The molecule has 0 saturated carbocycles. The van der Waals surface area contributed by atoms with Crippen LogP contribution in [-0.4, -0.2) is 22.0 Å². The number of rotatable bonds is 2. The number of phenols is 1. The number of hydrogen-bond acceptors (Lipinski definition) is 3. The predicted molar refractivity (Wildman–Crippen MR) is 50.1 cm³/mol. The molecule has 0 spiro atoms. The molecule has 0 aromatic heterocycles. The third-order valence-electron chi connectivity index (χ3n) is 2.07. The first-order valence-electron chi connectivity index (χ1n) is 4.33. The number of alkyl halides is 3. The minimum atomic E-state index is -4.84. The Morgan fingerprint density at radius 1 is 1.24 bits per heavy atom. The van der Waals surface area contributed by atoms with Crippen LogP contribution in [0.2, 0.25) is 0 Å². The predicted octanol–water partition coefficient (Wildman–Crippen LogP) is 2.31. The van der Waals surface area contributed by atoms with Crippen molar-refractivity contribution in [2.24, 2.45) is 0 Å². The quantitative estimate of drug-likeness (QED) is 0.787. The number of carboxylic acids is 1. The average molecular weight is 248 g/mol. The Kier molecular flexibility index (Phi) is 3.12. The first-order valence-corrected chi connectivity index (χ1v) is 4.33. The van der Waals surface area contributed by atoms with Crippen molar-refractivity contribution in [2.45, 2.75) is 13.1 Å². The van der Waals surface area contributed by atoms with E-state index < -0.39 is 40.4 Å². The van der Waals surface area contributed by atoms with E-state index in [9.17, 15) is 27.9 Å². The highest BCUT2D eigenvalue weighted by Gasteiger charge is 2.37. The van der Waals surface area contributed by atoms with Gasteiger partial charge in [-0.15, -0.1) is 0 Å². The molecule has 0 unspecified atom stereocenters. The summed E-state index contributed by atoms with van der Waals surface area (Å²) >= 11 is 0. The van der Waals surface area contributed by atoms with Crippen LogP contribution in [0.4, 0.5) is 13.2 Å². The molecule has 1 rings (SSSR count). The first kappa shape index (κ1) is 13.0. The van der Waals surface area contributed by atoms with Gasteiger partial charge in [0.1, 0.15) is 11.3 Å². The Morgan fingerprint density at radius 2 is 1.76 bits per heavy atom. The molecule has 4 nitrogen and oxygen atoms in total. The smallest absolute Gasteiger partial charge is 0.417 e. The van der Waals surface area contributed by atoms with Crippen molar-refractivity contribution in [3.05, 3.63) is 28.8 Å². The number of aromatic hydroxyl groups is 1. The molecule has 0 atom stereocenters. The van der Waals surface area contributed by atoms with Gasteiger partial charge in [0.25, 0.3) is 0 Å². The topological polar surface area (TPSA) is 74.6 Å². The fraction of sp³-hybridized carbons (Fsp3) is 0.200. The summed E-state index contributed by atoms with van der Waals surface area (Å²) in [5, 5.41) is 18.0. The van der Waals surface area contributed by atoms with Crippen LogP contribution in [0.5, 0.6) is 5.75 Å². The molecule has 92 valence electrons. The average Bonchev–Trinajstić information content (AvgIpc) is 2.14. The molecule has 7 heteroatoms. The number of aromatic carboxylic acids is 1. The molecular formula is C10H7F3O4. The molecule has 17 heavy (non-hydrogen) atoms. The lowest BCUT2D eigenvalue weighted by Crippen LogP contribution is -2.13. The van der Waals surface area contributed by atoms with E-state index in [2.05, 4.69) is 0 Å². The van der Waals surface area contributed by atoms with Crippen LogP contribution in [0.25, 0.3) is 0 Å². The highest BCUT2D eigenvalue weighted by atomic mass is 19.4. The third kappa shape index (κ3) is 2.38. The summed E-state index contributed by atoms with van der Waals surface area (Å²) in [6.45, 7) is 0.815. The summed E-state index contributed by atoms with van der Waals surface area (Å²) in [6.07, 6.45) is -4.84. The van der Waals surface area contributed by atoms with E-state index in [-0.39, 0.29) is 0 Å². The summed E-state index contributed by atoms with van der Waals surface area (Å²) in [7, 11) is 0. The SMILES string of the molecule is CC(=O)c1c(C(F)(F)F)ccc(C(=O)O)c1O. The van der Waals surface area contributed by atoms with Crippen LogP contribution >= 0.6 is 0 Å². The summed E-state index contributed by atoms with van der Waals surface area (Å²) in [5.41, 5.74) is -3.13. The Hall–Kier alpha value is -2.05. The maximum absolute atomic E-state index is 12.5. The zero-order valence-electron chi connectivity index (χ0n) is 8.50. The van der Waals surface area contributed by atoms with Gasteiger partial charge in [-0.05, 0) is 19.1 Å². The van der Waals surface area contributed by atoms with Gasteiger partial charge in [-0.2, -0.15) is 13.2 Å². The summed E-state index contributed by atoms with van der Waals surface area (Å²) in [4.78, 5) is 21.7. The molecule has 0 aliphatic heterocycles. The lowest BCUT2D eigenvalue weighted by atomic mass is 9.99. The van der Waals surface area contributed by atoms with Crippen molar-refractivity contribution < 1.29 is 33.0 Å². The molecule has 0 heterocycles. The van der Waals surface area contributed by atoms with Gasteiger partial charge in [0.2, 0.25) is 0 Å². The highest BCUT2D eigenvalue weighted by Crippen LogP contribution is 2.37. The Morgan fingerprint density at radius 3 is 2.12 bits per heavy atom. The number of halogens is 3. The Bertz CT molecular complexity index is 491. The van der Waals surface area contributed by atoms with E-state index in [1.165, 1.54) is 0 Å². The molecule has 0 bridgehead atoms. The fourth-order valence-corrected chi connectivity index (χ4v) is 1.36. The second kappa shape index (κ2) is 4.08. The van der Waals surface area contributed by atoms with Gasteiger partial charge in [0.15, 0.2) is 5.78 Å². The molecule has 0 radical (unpaired) electrons. The molecule has 2 N–H and O–H groups in total. The number of carboxylic acid groups (broad SMARTS) is 1. The minimum Gasteiger partial charge on any atom is -0.506 e. The van der Waals surface area contributed by atoms with Crippen LogP contribution in [0.3, 0.4) is 0 Å². The maximum Gasteiger partial charge on any atom is 0.417 e. The molecule has 0 amide bonds. The third-order valence-corrected chi connectivity index (χ3v) is 2.07. The van der Waals surface area contributed by atoms with E-state index in [4.69, 9.17) is 5.11 Å². The normalized spacial score (nSPS) is 11.3.